The molecule has 0 aliphatic heterocycles. The summed E-state index contributed by atoms with van der Waals surface area (Å²) >= 11 is 0. The number of carbonyl (C=O) groups excluding carboxylic acids is 1. The summed E-state index contributed by atoms with van der Waals surface area (Å²) in [6.45, 7) is 16.6. The summed E-state index contributed by atoms with van der Waals surface area (Å²) in [5, 5.41) is 0. The Morgan fingerprint density at radius 3 is 1.76 bits per heavy atom. The minimum atomic E-state index is -0.00217. The Hall–Kier alpha value is -0.570. The van der Waals surface area contributed by atoms with Crippen molar-refractivity contribution in [3.05, 3.63) is 0 Å². The predicted molar refractivity (Wildman–Crippen MR) is 127 cm³/mol. The third-order valence-electron chi connectivity index (χ3n) is 7.72. The zero-order valence-electron chi connectivity index (χ0n) is 21.4. The van der Waals surface area contributed by atoms with Gasteiger partial charge in [-0.05, 0) is 56.5 Å². The van der Waals surface area contributed by atoms with E-state index in [1.807, 2.05) is 19.0 Å². The third-order valence-corrected chi connectivity index (χ3v) is 7.72. The highest BCUT2D eigenvalue weighted by atomic mass is 16.5. The fraction of sp³-hybridized carbons (Fsp3) is 0.962. The van der Waals surface area contributed by atoms with Crippen molar-refractivity contribution in [1.29, 1.82) is 0 Å². The lowest BCUT2D eigenvalue weighted by molar-refractivity contribution is -0.154. The Morgan fingerprint density at radius 2 is 1.38 bits per heavy atom. The quantitative estimate of drug-likeness (QED) is 0.181. The zero-order valence-corrected chi connectivity index (χ0v) is 21.4. The van der Waals surface area contributed by atoms with Crippen LogP contribution in [0, 0.1) is 22.7 Å². The van der Waals surface area contributed by atoms with Crippen molar-refractivity contribution >= 4 is 5.97 Å². The summed E-state index contributed by atoms with van der Waals surface area (Å²) in [6.07, 6.45) is 13.0. The van der Waals surface area contributed by atoms with Crippen LogP contribution in [-0.4, -0.2) is 31.7 Å². The highest BCUT2D eigenvalue weighted by Crippen LogP contribution is 2.51. The lowest BCUT2D eigenvalue weighted by Gasteiger charge is -2.45. The molecule has 0 saturated heterocycles. The lowest BCUT2D eigenvalue weighted by atomic mass is 9.60. The standard InChI is InChI=1S/C26H53NO2/c1-10-17-22(11-2)18-26(16-7,20-25(13-4,14-5)15-6)19-23(12-3)24(28)29-21-27(8)9/h22-23H,10-21H2,1-9H3. The first-order chi connectivity index (χ1) is 13.7. The van der Waals surface area contributed by atoms with Gasteiger partial charge in [0.25, 0.3) is 0 Å². The van der Waals surface area contributed by atoms with Crippen molar-refractivity contribution in [3.63, 3.8) is 0 Å². The van der Waals surface area contributed by atoms with Crippen LogP contribution in [0.1, 0.15) is 119 Å². The number of hydrogen-bond acceptors (Lipinski definition) is 3. The number of hydrogen-bond donors (Lipinski definition) is 0. The van der Waals surface area contributed by atoms with Gasteiger partial charge in [-0.15, -0.1) is 0 Å². The topological polar surface area (TPSA) is 29.5 Å². The van der Waals surface area contributed by atoms with Gasteiger partial charge in [-0.1, -0.05) is 93.4 Å². The lowest BCUT2D eigenvalue weighted by Crippen LogP contribution is -2.36. The molecule has 0 aromatic heterocycles. The van der Waals surface area contributed by atoms with Crippen LogP contribution in [0.3, 0.4) is 0 Å². The normalized spacial score (nSPS) is 16.5. The van der Waals surface area contributed by atoms with Crippen molar-refractivity contribution < 1.29 is 9.53 Å². The van der Waals surface area contributed by atoms with Crippen LogP contribution in [0.15, 0.2) is 0 Å². The van der Waals surface area contributed by atoms with Gasteiger partial charge < -0.3 is 4.74 Å². The second-order valence-corrected chi connectivity index (χ2v) is 9.84. The second-order valence-electron chi connectivity index (χ2n) is 9.84. The molecular formula is C26H53NO2. The molecule has 0 aliphatic rings. The molecule has 3 heteroatoms. The van der Waals surface area contributed by atoms with E-state index in [1.165, 1.54) is 51.4 Å². The summed E-state index contributed by atoms with van der Waals surface area (Å²) in [7, 11) is 3.89. The fourth-order valence-electron chi connectivity index (χ4n) is 5.26. The van der Waals surface area contributed by atoms with Gasteiger partial charge in [0.2, 0.25) is 0 Å². The molecule has 0 heterocycles. The van der Waals surface area contributed by atoms with Gasteiger partial charge in [0.05, 0.1) is 5.92 Å². The SMILES string of the molecule is CCCC(CC)CC(CC)(CC(CC)C(=O)OCN(C)C)CC(CC)(CC)CC. The molecule has 0 saturated carbocycles. The van der Waals surface area contributed by atoms with Crippen molar-refractivity contribution in [2.45, 2.75) is 119 Å². The second kappa shape index (κ2) is 14.4. The van der Waals surface area contributed by atoms with Crippen LogP contribution in [0.25, 0.3) is 0 Å². The van der Waals surface area contributed by atoms with E-state index in [2.05, 4.69) is 48.5 Å². The number of rotatable bonds is 17. The highest BCUT2D eigenvalue weighted by Gasteiger charge is 2.41. The smallest absolute Gasteiger partial charge is 0.310 e. The van der Waals surface area contributed by atoms with Crippen molar-refractivity contribution in [3.8, 4) is 0 Å². The molecule has 0 fully saturated rings. The molecule has 3 unspecified atom stereocenters. The number of nitrogens with zero attached hydrogens (tertiary/aromatic N) is 1. The van der Waals surface area contributed by atoms with E-state index >= 15 is 0 Å². The van der Waals surface area contributed by atoms with Crippen LogP contribution in [-0.2, 0) is 9.53 Å². The van der Waals surface area contributed by atoms with E-state index in [9.17, 15) is 4.79 Å². The van der Waals surface area contributed by atoms with Gasteiger partial charge in [0.1, 0.15) is 6.73 Å². The molecule has 0 radical (unpaired) electrons. The molecule has 0 bridgehead atoms. The van der Waals surface area contributed by atoms with Gasteiger partial charge in [-0.2, -0.15) is 0 Å². The van der Waals surface area contributed by atoms with Gasteiger partial charge in [-0.3, -0.25) is 9.69 Å². The number of esters is 1. The average Bonchev–Trinajstić information content (AvgIpc) is 2.73. The van der Waals surface area contributed by atoms with Crippen LogP contribution in [0.2, 0.25) is 0 Å². The van der Waals surface area contributed by atoms with Crippen molar-refractivity contribution in [2.75, 3.05) is 20.8 Å². The third kappa shape index (κ3) is 9.40. The molecule has 0 amide bonds. The monoisotopic (exact) mass is 411 g/mol. The maximum absolute atomic E-state index is 12.9. The molecule has 3 nitrogen and oxygen atoms in total. The Bertz CT molecular complexity index is 422. The van der Waals surface area contributed by atoms with Crippen LogP contribution in [0.5, 0.6) is 0 Å². The first kappa shape index (κ1) is 28.4. The largest absolute Gasteiger partial charge is 0.449 e. The predicted octanol–water partition coefficient (Wildman–Crippen LogP) is 7.68. The summed E-state index contributed by atoms with van der Waals surface area (Å²) < 4.78 is 5.62. The highest BCUT2D eigenvalue weighted by molar-refractivity contribution is 5.72. The summed E-state index contributed by atoms with van der Waals surface area (Å²) in [5.74, 6) is 0.772. The van der Waals surface area contributed by atoms with Crippen LogP contribution < -0.4 is 0 Å². The molecule has 174 valence electrons. The van der Waals surface area contributed by atoms with Gasteiger partial charge in [0.15, 0.2) is 0 Å². The molecule has 3 atom stereocenters. The summed E-state index contributed by atoms with van der Waals surface area (Å²) in [5.41, 5.74) is 0.627. The average molecular weight is 412 g/mol. The van der Waals surface area contributed by atoms with Gasteiger partial charge in [0, 0.05) is 0 Å². The van der Waals surface area contributed by atoms with Gasteiger partial charge >= 0.3 is 5.97 Å². The Morgan fingerprint density at radius 1 is 0.828 bits per heavy atom. The van der Waals surface area contributed by atoms with Gasteiger partial charge in [-0.25, -0.2) is 0 Å². The number of carbonyl (C=O) groups is 1. The van der Waals surface area contributed by atoms with Crippen LogP contribution in [0.4, 0.5) is 0 Å². The Balaban J connectivity index is 5.80. The van der Waals surface area contributed by atoms with E-state index in [1.54, 1.807) is 0 Å². The summed E-state index contributed by atoms with van der Waals surface area (Å²) in [6, 6.07) is 0. The molecule has 0 aromatic rings. The fourth-order valence-corrected chi connectivity index (χ4v) is 5.26. The van der Waals surface area contributed by atoms with E-state index < -0.39 is 0 Å². The molecular weight excluding hydrogens is 358 g/mol. The van der Waals surface area contributed by atoms with Crippen LogP contribution >= 0.6 is 0 Å². The van der Waals surface area contributed by atoms with E-state index in [0.717, 1.165) is 25.2 Å². The molecule has 0 aromatic carbocycles. The van der Waals surface area contributed by atoms with E-state index in [0.29, 0.717) is 12.1 Å². The Labute approximate surface area is 183 Å². The molecule has 0 N–H and O–H groups in total. The first-order valence-electron chi connectivity index (χ1n) is 12.5. The molecule has 29 heavy (non-hydrogen) atoms. The van der Waals surface area contributed by atoms with Crippen molar-refractivity contribution in [1.82, 2.24) is 4.90 Å². The van der Waals surface area contributed by atoms with E-state index in [-0.39, 0.29) is 17.3 Å². The van der Waals surface area contributed by atoms with Crippen molar-refractivity contribution in [2.24, 2.45) is 22.7 Å². The summed E-state index contributed by atoms with van der Waals surface area (Å²) in [4.78, 5) is 14.8. The zero-order chi connectivity index (χ0) is 22.5. The molecule has 0 rings (SSSR count). The minimum absolute atomic E-state index is 0.00217. The first-order valence-corrected chi connectivity index (χ1v) is 12.5. The maximum atomic E-state index is 12.9. The van der Waals surface area contributed by atoms with E-state index in [4.69, 9.17) is 4.74 Å². The maximum Gasteiger partial charge on any atom is 0.310 e. The molecule has 0 aliphatic carbocycles. The number of ether oxygens (including phenoxy) is 1. The Kier molecular flexibility index (Phi) is 14.2. The minimum Gasteiger partial charge on any atom is -0.449 e. The molecule has 0 spiro atoms.